The molecule has 1 aliphatic rings. The smallest absolute Gasteiger partial charge is 0.264 e. The van der Waals surface area contributed by atoms with Crippen LogP contribution in [0.3, 0.4) is 0 Å². The SMILES string of the molecule is CC(CCn1cc2cc(-c3ccc(OCCCN4CCOCC4)cc3)ccc2n1)(C(=O)NO)S(C)(=O)=O. The summed E-state index contributed by atoms with van der Waals surface area (Å²) in [6, 6.07) is 13.9. The number of amides is 1. The first kappa shape index (κ1) is 27.1. The van der Waals surface area contributed by atoms with Crippen molar-refractivity contribution < 1.29 is 27.9 Å². The van der Waals surface area contributed by atoms with E-state index < -0.39 is 20.5 Å². The molecule has 200 valence electrons. The van der Waals surface area contributed by atoms with Crippen LogP contribution in [-0.2, 0) is 25.9 Å². The van der Waals surface area contributed by atoms with E-state index in [0.29, 0.717) is 6.61 Å². The molecule has 4 rings (SSSR count). The molecule has 2 N–H and O–H groups in total. The lowest BCUT2D eigenvalue weighted by molar-refractivity contribution is -0.131. The number of carbonyl (C=O) groups is 1. The Kier molecular flexibility index (Phi) is 8.48. The third-order valence-corrected chi connectivity index (χ3v) is 8.98. The molecule has 1 saturated heterocycles. The summed E-state index contributed by atoms with van der Waals surface area (Å²) in [5.41, 5.74) is 4.29. The van der Waals surface area contributed by atoms with Gasteiger partial charge in [-0.05, 0) is 55.2 Å². The lowest BCUT2D eigenvalue weighted by Crippen LogP contribution is -2.49. The minimum absolute atomic E-state index is 0.0347. The molecule has 2 heterocycles. The number of ether oxygens (including phenoxy) is 2. The normalized spacial score (nSPS) is 16.4. The van der Waals surface area contributed by atoms with Crippen LogP contribution in [0.25, 0.3) is 22.0 Å². The number of nitrogens with zero attached hydrogens (tertiary/aromatic N) is 3. The summed E-state index contributed by atoms with van der Waals surface area (Å²) in [7, 11) is -3.77. The zero-order chi connectivity index (χ0) is 26.5. The van der Waals surface area contributed by atoms with Crippen LogP contribution >= 0.6 is 0 Å². The first-order valence-electron chi connectivity index (χ1n) is 12.3. The third kappa shape index (κ3) is 6.48. The Bertz CT molecular complexity index is 1320. The first-order chi connectivity index (χ1) is 17.7. The Morgan fingerprint density at radius 3 is 2.51 bits per heavy atom. The van der Waals surface area contributed by atoms with Crippen molar-refractivity contribution in [1.29, 1.82) is 0 Å². The fourth-order valence-corrected chi connectivity index (χ4v) is 5.18. The summed E-state index contributed by atoms with van der Waals surface area (Å²) in [5, 5.41) is 14.4. The molecule has 2 aromatic carbocycles. The lowest BCUT2D eigenvalue weighted by Gasteiger charge is -2.26. The molecule has 0 radical (unpaired) electrons. The van der Waals surface area contributed by atoms with Crippen LogP contribution in [0.15, 0.2) is 48.7 Å². The Labute approximate surface area is 217 Å². The van der Waals surface area contributed by atoms with Gasteiger partial charge >= 0.3 is 0 Å². The summed E-state index contributed by atoms with van der Waals surface area (Å²) >= 11 is 0. The molecule has 1 atom stereocenters. The van der Waals surface area contributed by atoms with Crippen molar-refractivity contribution in [2.24, 2.45) is 0 Å². The first-order valence-corrected chi connectivity index (χ1v) is 14.2. The van der Waals surface area contributed by atoms with Crippen LogP contribution in [0.2, 0.25) is 0 Å². The summed E-state index contributed by atoms with van der Waals surface area (Å²) < 4.78 is 35.5. The molecule has 1 amide bonds. The van der Waals surface area contributed by atoms with Crippen LogP contribution in [0.1, 0.15) is 19.8 Å². The van der Waals surface area contributed by atoms with Gasteiger partial charge in [0.05, 0.1) is 25.3 Å². The van der Waals surface area contributed by atoms with Gasteiger partial charge < -0.3 is 9.47 Å². The molecule has 1 unspecified atom stereocenters. The molecule has 11 heteroatoms. The quantitative estimate of drug-likeness (QED) is 0.220. The summed E-state index contributed by atoms with van der Waals surface area (Å²) in [5.74, 6) is -0.126. The number of hydroxylamine groups is 1. The van der Waals surface area contributed by atoms with Gasteiger partial charge in [-0.25, -0.2) is 13.9 Å². The predicted octanol–water partition coefficient (Wildman–Crippen LogP) is 2.50. The van der Waals surface area contributed by atoms with E-state index in [4.69, 9.17) is 14.7 Å². The largest absolute Gasteiger partial charge is 0.494 e. The second-order valence-electron chi connectivity index (χ2n) is 9.54. The van der Waals surface area contributed by atoms with Crippen molar-refractivity contribution in [2.75, 3.05) is 45.7 Å². The van der Waals surface area contributed by atoms with Crippen LogP contribution in [0, 0.1) is 0 Å². The van der Waals surface area contributed by atoms with Crippen LogP contribution in [0.5, 0.6) is 5.75 Å². The lowest BCUT2D eigenvalue weighted by atomic mass is 10.0. The number of aryl methyl sites for hydroxylation is 1. The van der Waals surface area contributed by atoms with Gasteiger partial charge in [0.25, 0.3) is 5.91 Å². The Morgan fingerprint density at radius 1 is 1.14 bits per heavy atom. The van der Waals surface area contributed by atoms with Crippen LogP contribution < -0.4 is 10.2 Å². The zero-order valence-electron chi connectivity index (χ0n) is 21.2. The fraction of sp³-hybridized carbons (Fsp3) is 0.462. The van der Waals surface area contributed by atoms with Gasteiger partial charge in [-0.3, -0.25) is 19.6 Å². The number of hydrogen-bond acceptors (Lipinski definition) is 8. The Morgan fingerprint density at radius 2 is 1.84 bits per heavy atom. The maximum absolute atomic E-state index is 12.2. The third-order valence-electron chi connectivity index (χ3n) is 6.95. The van der Waals surface area contributed by atoms with E-state index in [1.807, 2.05) is 48.7 Å². The van der Waals surface area contributed by atoms with Crippen molar-refractivity contribution in [3.05, 3.63) is 48.7 Å². The number of fused-ring (bicyclic) bond motifs is 1. The fourth-order valence-electron chi connectivity index (χ4n) is 4.33. The number of rotatable bonds is 11. The molecule has 0 spiro atoms. The Hall–Kier alpha value is -2.99. The highest BCUT2D eigenvalue weighted by molar-refractivity contribution is 7.92. The zero-order valence-corrected chi connectivity index (χ0v) is 22.0. The molecule has 1 aliphatic heterocycles. The highest BCUT2D eigenvalue weighted by Gasteiger charge is 2.43. The highest BCUT2D eigenvalue weighted by Crippen LogP contribution is 2.27. The van der Waals surface area contributed by atoms with E-state index in [1.165, 1.54) is 12.4 Å². The maximum atomic E-state index is 12.2. The molecule has 0 saturated carbocycles. The number of sulfone groups is 1. The summed E-state index contributed by atoms with van der Waals surface area (Å²) in [4.78, 5) is 14.4. The molecule has 3 aromatic rings. The number of benzene rings is 2. The van der Waals surface area contributed by atoms with Crippen molar-refractivity contribution in [2.45, 2.75) is 31.1 Å². The minimum Gasteiger partial charge on any atom is -0.494 e. The average molecular weight is 531 g/mol. The van der Waals surface area contributed by atoms with Gasteiger partial charge in [0, 0.05) is 44.0 Å². The molecule has 37 heavy (non-hydrogen) atoms. The van der Waals surface area contributed by atoms with Crippen molar-refractivity contribution >= 4 is 26.6 Å². The molecule has 0 aliphatic carbocycles. The molecule has 10 nitrogen and oxygen atoms in total. The average Bonchev–Trinajstić information content (AvgIpc) is 3.32. The van der Waals surface area contributed by atoms with Gasteiger partial charge in [-0.2, -0.15) is 5.10 Å². The van der Waals surface area contributed by atoms with Gasteiger partial charge in [0.15, 0.2) is 14.6 Å². The summed E-state index contributed by atoms with van der Waals surface area (Å²) in [6.07, 6.45) is 3.74. The van der Waals surface area contributed by atoms with E-state index in [9.17, 15) is 13.2 Å². The molecule has 1 fully saturated rings. The van der Waals surface area contributed by atoms with E-state index in [-0.39, 0.29) is 13.0 Å². The monoisotopic (exact) mass is 530 g/mol. The van der Waals surface area contributed by atoms with Gasteiger partial charge in [-0.15, -0.1) is 0 Å². The van der Waals surface area contributed by atoms with Crippen molar-refractivity contribution in [1.82, 2.24) is 20.2 Å². The number of aromatic nitrogens is 2. The number of hydrogen-bond donors (Lipinski definition) is 2. The van der Waals surface area contributed by atoms with E-state index >= 15 is 0 Å². The van der Waals surface area contributed by atoms with E-state index in [2.05, 4.69) is 10.00 Å². The second kappa shape index (κ2) is 11.6. The molecule has 0 bridgehead atoms. The molecular weight excluding hydrogens is 496 g/mol. The Balaban J connectivity index is 1.36. The molecular formula is C26H34N4O6S. The number of nitrogens with one attached hydrogen (secondary N) is 1. The van der Waals surface area contributed by atoms with E-state index in [1.54, 1.807) is 4.68 Å². The van der Waals surface area contributed by atoms with Crippen molar-refractivity contribution in [3.8, 4) is 16.9 Å². The highest BCUT2D eigenvalue weighted by atomic mass is 32.2. The number of carbonyl (C=O) groups excluding carboxylic acids is 1. The van der Waals surface area contributed by atoms with Gasteiger partial charge in [-0.1, -0.05) is 18.2 Å². The minimum atomic E-state index is -3.77. The number of morpholine rings is 1. The van der Waals surface area contributed by atoms with Crippen LogP contribution in [-0.4, -0.2) is 84.7 Å². The molecule has 1 aromatic heterocycles. The van der Waals surface area contributed by atoms with Crippen LogP contribution in [0.4, 0.5) is 0 Å². The van der Waals surface area contributed by atoms with Crippen molar-refractivity contribution in [3.63, 3.8) is 0 Å². The van der Waals surface area contributed by atoms with Gasteiger partial charge in [0.2, 0.25) is 0 Å². The van der Waals surface area contributed by atoms with E-state index in [0.717, 1.165) is 73.3 Å². The second-order valence-corrected chi connectivity index (χ2v) is 12.0. The standard InChI is InChI=1S/C26H34N4O6S/c1-26(25(31)28-32,37(2,33)34)10-12-30-19-22-18-21(6-9-24(22)27-30)20-4-7-23(8-5-20)36-15-3-11-29-13-16-35-17-14-29/h4-9,18-19,32H,3,10-17H2,1-2H3,(H,28,31). The predicted molar refractivity (Wildman–Crippen MR) is 140 cm³/mol. The summed E-state index contributed by atoms with van der Waals surface area (Å²) in [6.45, 7) is 6.75. The van der Waals surface area contributed by atoms with Gasteiger partial charge in [0.1, 0.15) is 5.75 Å². The topological polar surface area (TPSA) is 123 Å². The maximum Gasteiger partial charge on any atom is 0.264 e.